The van der Waals surface area contributed by atoms with Gasteiger partial charge in [0.15, 0.2) is 0 Å². The summed E-state index contributed by atoms with van der Waals surface area (Å²) in [7, 11) is 0. The van der Waals surface area contributed by atoms with Crippen molar-refractivity contribution < 1.29 is 29.0 Å². The van der Waals surface area contributed by atoms with Gasteiger partial charge in [-0.3, -0.25) is 14.4 Å². The topological polar surface area (TPSA) is 96.4 Å². The molecule has 8 nitrogen and oxygen atoms in total. The Hall–Kier alpha value is -2.19. The second kappa shape index (κ2) is 8.24. The first-order valence-electron chi connectivity index (χ1n) is 12.3. The van der Waals surface area contributed by atoms with E-state index in [2.05, 4.69) is 0 Å². The molecule has 1 saturated carbocycles. The number of carbonyl (C=O) groups is 3. The van der Waals surface area contributed by atoms with E-state index in [1.165, 1.54) is 11.3 Å². The fourth-order valence-electron chi connectivity index (χ4n) is 6.73. The van der Waals surface area contributed by atoms with E-state index in [9.17, 15) is 19.5 Å². The van der Waals surface area contributed by atoms with Gasteiger partial charge in [-0.2, -0.15) is 0 Å². The van der Waals surface area contributed by atoms with Gasteiger partial charge < -0.3 is 24.4 Å². The fourth-order valence-corrected chi connectivity index (χ4v) is 6.73. The summed E-state index contributed by atoms with van der Waals surface area (Å²) >= 11 is 0. The largest absolute Gasteiger partial charge is 0.465 e. The van der Waals surface area contributed by atoms with E-state index in [-0.39, 0.29) is 31.1 Å². The van der Waals surface area contributed by atoms with Crippen LogP contribution in [0.1, 0.15) is 52.4 Å². The van der Waals surface area contributed by atoms with Crippen molar-refractivity contribution in [1.29, 1.82) is 0 Å². The minimum atomic E-state index is -1.28. The Morgan fingerprint density at radius 3 is 2.58 bits per heavy atom. The zero-order chi connectivity index (χ0) is 23.4. The molecule has 4 aliphatic heterocycles. The van der Waals surface area contributed by atoms with Crippen LogP contribution in [0.15, 0.2) is 24.3 Å². The zero-order valence-corrected chi connectivity index (χ0v) is 19.4. The number of fused-ring (bicyclic) bond motifs is 2. The van der Waals surface area contributed by atoms with Crippen LogP contribution in [0.3, 0.4) is 0 Å². The highest BCUT2D eigenvalue weighted by atomic mass is 16.6. The van der Waals surface area contributed by atoms with Crippen molar-refractivity contribution in [3.05, 3.63) is 24.3 Å². The number of carbonyl (C=O) groups excluding carboxylic acids is 3. The van der Waals surface area contributed by atoms with Gasteiger partial charge >= 0.3 is 5.97 Å². The monoisotopic (exact) mass is 458 g/mol. The molecule has 0 aromatic carbocycles. The molecule has 2 saturated heterocycles. The van der Waals surface area contributed by atoms with Gasteiger partial charge in [-0.1, -0.05) is 43.6 Å². The quantitative estimate of drug-likeness (QED) is 0.510. The molecular formula is C25H34N2O6. The average Bonchev–Trinajstić information content (AvgIpc) is 3.13. The minimum Gasteiger partial charge on any atom is -0.465 e. The first-order valence-corrected chi connectivity index (χ1v) is 12.3. The van der Waals surface area contributed by atoms with Crippen LogP contribution in [0.5, 0.6) is 0 Å². The number of likely N-dealkylation sites (tertiary alicyclic amines) is 1. The molecule has 0 bridgehead atoms. The molecule has 180 valence electrons. The molecule has 3 fully saturated rings. The van der Waals surface area contributed by atoms with E-state index in [0.29, 0.717) is 13.0 Å². The average molecular weight is 459 g/mol. The molecule has 1 aliphatic carbocycles. The standard InChI is InChI=1S/C25H34N2O6/c1-16(15-28)27-20-22(30)26(17-9-4-3-5-10-17)13-8-12-25(20)18(21(27)29)19-23(31)32-14-7-6-11-24(19,2)33-25/h6,8,11-12,16-20,28H,3-5,7,9-10,13-15H2,1-2H3/t16-,18+,19+,20?,24-,25+/m1/s1. The lowest BCUT2D eigenvalue weighted by molar-refractivity contribution is -0.162. The molecule has 5 rings (SSSR count). The summed E-state index contributed by atoms with van der Waals surface area (Å²) in [5.41, 5.74) is -2.34. The van der Waals surface area contributed by atoms with Crippen LogP contribution >= 0.6 is 0 Å². The normalized spacial score (nSPS) is 40.0. The molecule has 0 aromatic heterocycles. The molecule has 8 heteroatoms. The first-order chi connectivity index (χ1) is 15.8. The van der Waals surface area contributed by atoms with Crippen molar-refractivity contribution in [2.24, 2.45) is 11.8 Å². The first kappa shape index (κ1) is 22.6. The van der Waals surface area contributed by atoms with Gasteiger partial charge in [-0.25, -0.2) is 0 Å². The number of aliphatic hydroxyl groups is 1. The summed E-state index contributed by atoms with van der Waals surface area (Å²) in [5, 5.41) is 9.97. The number of cyclic esters (lactones) is 1. The summed E-state index contributed by atoms with van der Waals surface area (Å²) in [6.07, 6.45) is 13.4. The van der Waals surface area contributed by atoms with Gasteiger partial charge in [0.05, 0.1) is 30.8 Å². The number of hydrogen-bond acceptors (Lipinski definition) is 6. The second-order valence-electron chi connectivity index (χ2n) is 10.3. The number of amides is 2. The van der Waals surface area contributed by atoms with Gasteiger partial charge in [0, 0.05) is 12.6 Å². The van der Waals surface area contributed by atoms with Gasteiger partial charge in [0.25, 0.3) is 0 Å². The molecule has 0 radical (unpaired) electrons. The van der Waals surface area contributed by atoms with Crippen LogP contribution in [0.2, 0.25) is 0 Å². The Balaban J connectivity index is 1.63. The smallest absolute Gasteiger partial charge is 0.313 e. The van der Waals surface area contributed by atoms with Crippen molar-refractivity contribution in [2.75, 3.05) is 19.8 Å². The minimum absolute atomic E-state index is 0.127. The molecule has 5 aliphatic rings. The summed E-state index contributed by atoms with van der Waals surface area (Å²) in [4.78, 5) is 44.6. The van der Waals surface area contributed by atoms with E-state index in [1.807, 2.05) is 29.2 Å². The molecule has 2 amide bonds. The molecule has 4 heterocycles. The lowest BCUT2D eigenvalue weighted by Gasteiger charge is -2.41. The van der Waals surface area contributed by atoms with Crippen molar-refractivity contribution in [1.82, 2.24) is 9.80 Å². The number of ether oxygens (including phenoxy) is 2. The van der Waals surface area contributed by atoms with Gasteiger partial charge in [0.2, 0.25) is 11.8 Å². The van der Waals surface area contributed by atoms with Crippen LogP contribution in [0.4, 0.5) is 0 Å². The SMILES string of the molecule is C[C@H](CO)N1C(=O)[C@@H]2[C@H]3C(=O)OCCC=C[C@@]3(C)O[C@@]23C=CCN(C2CCCCC2)C(=O)C13. The summed E-state index contributed by atoms with van der Waals surface area (Å²) in [6.45, 7) is 3.96. The Morgan fingerprint density at radius 2 is 1.85 bits per heavy atom. The summed E-state index contributed by atoms with van der Waals surface area (Å²) in [6, 6.07) is -1.38. The van der Waals surface area contributed by atoms with Crippen molar-refractivity contribution in [3.8, 4) is 0 Å². The second-order valence-corrected chi connectivity index (χ2v) is 10.3. The van der Waals surface area contributed by atoms with Crippen LogP contribution in [0.25, 0.3) is 0 Å². The molecule has 1 N–H and O–H groups in total. The number of hydrogen-bond donors (Lipinski definition) is 1. The number of rotatable bonds is 3. The van der Waals surface area contributed by atoms with Crippen LogP contribution in [0, 0.1) is 11.8 Å². The molecule has 33 heavy (non-hydrogen) atoms. The number of nitrogens with zero attached hydrogens (tertiary/aromatic N) is 2. The molecular weight excluding hydrogens is 424 g/mol. The summed E-state index contributed by atoms with van der Waals surface area (Å²) in [5.74, 6) is -2.70. The number of aliphatic hydroxyl groups excluding tert-OH is 1. The zero-order valence-electron chi connectivity index (χ0n) is 19.4. The van der Waals surface area contributed by atoms with Gasteiger partial charge in [0.1, 0.15) is 17.6 Å². The van der Waals surface area contributed by atoms with E-state index in [4.69, 9.17) is 9.47 Å². The molecule has 1 unspecified atom stereocenters. The molecule has 1 spiro atoms. The predicted octanol–water partition coefficient (Wildman–Crippen LogP) is 1.57. The molecule has 6 atom stereocenters. The van der Waals surface area contributed by atoms with Crippen molar-refractivity contribution >= 4 is 17.8 Å². The van der Waals surface area contributed by atoms with E-state index in [0.717, 1.165) is 25.7 Å². The van der Waals surface area contributed by atoms with Crippen molar-refractivity contribution in [3.63, 3.8) is 0 Å². The Bertz CT molecular complexity index is 895. The lowest BCUT2D eigenvalue weighted by atomic mass is 9.74. The number of esters is 1. The van der Waals surface area contributed by atoms with Gasteiger partial charge in [-0.15, -0.1) is 0 Å². The predicted molar refractivity (Wildman–Crippen MR) is 119 cm³/mol. The highest BCUT2D eigenvalue weighted by molar-refractivity contribution is 5.99. The van der Waals surface area contributed by atoms with Gasteiger partial charge in [-0.05, 0) is 33.1 Å². The van der Waals surface area contributed by atoms with E-state index in [1.54, 1.807) is 13.8 Å². The maximum Gasteiger partial charge on any atom is 0.313 e. The van der Waals surface area contributed by atoms with E-state index < -0.39 is 41.1 Å². The third kappa shape index (κ3) is 3.28. The summed E-state index contributed by atoms with van der Waals surface area (Å²) < 4.78 is 12.2. The van der Waals surface area contributed by atoms with Crippen molar-refractivity contribution in [2.45, 2.75) is 81.7 Å². The Morgan fingerprint density at radius 1 is 1.09 bits per heavy atom. The fraction of sp³-hybridized carbons (Fsp3) is 0.720. The maximum atomic E-state index is 14.2. The van der Waals surface area contributed by atoms with Crippen LogP contribution < -0.4 is 0 Å². The van der Waals surface area contributed by atoms with Crippen LogP contribution in [-0.2, 0) is 23.9 Å². The lowest BCUT2D eigenvalue weighted by Crippen LogP contribution is -2.59. The maximum absolute atomic E-state index is 14.2. The third-order valence-corrected chi connectivity index (χ3v) is 8.24. The highest BCUT2D eigenvalue weighted by Crippen LogP contribution is 2.57. The third-order valence-electron chi connectivity index (χ3n) is 8.24. The Kier molecular flexibility index (Phi) is 5.64. The van der Waals surface area contributed by atoms with Crippen LogP contribution in [-0.4, -0.2) is 81.8 Å². The highest BCUT2D eigenvalue weighted by Gasteiger charge is 2.75. The molecule has 0 aromatic rings. The van der Waals surface area contributed by atoms with E-state index >= 15 is 0 Å². The Labute approximate surface area is 194 Å².